The minimum atomic E-state index is -4.85. The van der Waals surface area contributed by atoms with Crippen LogP contribution in [0.1, 0.15) is 25.8 Å². The quantitative estimate of drug-likeness (QED) is 0.331. The summed E-state index contributed by atoms with van der Waals surface area (Å²) in [6.07, 6.45) is -0.763. The molecule has 3 N–H and O–H groups in total. The van der Waals surface area contributed by atoms with Gasteiger partial charge in [0.2, 0.25) is 5.91 Å². The van der Waals surface area contributed by atoms with Gasteiger partial charge in [-0.25, -0.2) is 19.4 Å². The van der Waals surface area contributed by atoms with Gasteiger partial charge in [-0.15, -0.1) is 13.2 Å². The third-order valence-electron chi connectivity index (χ3n) is 7.21. The van der Waals surface area contributed by atoms with Crippen molar-refractivity contribution in [3.63, 3.8) is 0 Å². The van der Waals surface area contributed by atoms with E-state index in [1.54, 1.807) is 24.3 Å². The molecule has 4 heterocycles. The van der Waals surface area contributed by atoms with Gasteiger partial charge in [0.1, 0.15) is 23.7 Å². The first-order valence-corrected chi connectivity index (χ1v) is 12.4. The maximum Gasteiger partial charge on any atom is 0.522 e. The summed E-state index contributed by atoms with van der Waals surface area (Å²) in [5.41, 5.74) is 10.3. The third kappa shape index (κ3) is 4.82. The van der Waals surface area contributed by atoms with Crippen LogP contribution in [0.4, 0.5) is 17.6 Å². The van der Waals surface area contributed by atoms with E-state index < -0.39 is 42.4 Å². The van der Waals surface area contributed by atoms with Crippen LogP contribution in [0.5, 0.6) is 0 Å². The van der Waals surface area contributed by atoms with Crippen LogP contribution in [0.2, 0.25) is 0 Å². The molecular formula is C26H26F4N8O2. The Labute approximate surface area is 226 Å². The number of benzene rings is 1. The second-order valence-corrected chi connectivity index (χ2v) is 9.61. The Morgan fingerprint density at radius 1 is 1.38 bits per heavy atom. The summed E-state index contributed by atoms with van der Waals surface area (Å²) in [7, 11) is 0. The van der Waals surface area contributed by atoms with Crippen molar-refractivity contribution in [3.8, 4) is 11.8 Å². The van der Waals surface area contributed by atoms with E-state index in [9.17, 15) is 22.4 Å². The molecule has 0 aliphatic carbocycles. The summed E-state index contributed by atoms with van der Waals surface area (Å²) in [5.74, 6) is 4.84. The minimum Gasteiger partial charge on any atom is -0.383 e. The Balaban J connectivity index is 1.46. The Hall–Kier alpha value is -4.22. The third-order valence-corrected chi connectivity index (χ3v) is 7.21. The molecule has 1 amide bonds. The largest absolute Gasteiger partial charge is 0.522 e. The van der Waals surface area contributed by atoms with E-state index in [1.807, 2.05) is 11.5 Å². The number of amides is 1. The van der Waals surface area contributed by atoms with E-state index in [0.717, 1.165) is 6.08 Å². The molecule has 2 aromatic rings. The number of amidine groups is 1. The van der Waals surface area contributed by atoms with E-state index in [0.29, 0.717) is 28.8 Å². The molecule has 0 spiro atoms. The number of hydrogen-bond donors (Lipinski definition) is 2. The smallest absolute Gasteiger partial charge is 0.383 e. The number of nitrogens with two attached hydrogens (primary N) is 1. The monoisotopic (exact) mass is 558 g/mol. The summed E-state index contributed by atoms with van der Waals surface area (Å²) in [6, 6.07) is 1.54. The maximum atomic E-state index is 14.9. The molecule has 210 valence electrons. The molecule has 0 bridgehead atoms. The van der Waals surface area contributed by atoms with Crippen molar-refractivity contribution in [2.24, 2.45) is 15.7 Å². The van der Waals surface area contributed by atoms with Crippen LogP contribution in [0.3, 0.4) is 0 Å². The molecule has 3 aliphatic rings. The second-order valence-electron chi connectivity index (χ2n) is 9.61. The number of imidazole rings is 1. The highest BCUT2D eigenvalue weighted by Gasteiger charge is 2.52. The lowest BCUT2D eigenvalue weighted by atomic mass is 9.97. The van der Waals surface area contributed by atoms with Crippen LogP contribution in [0, 0.1) is 17.7 Å². The van der Waals surface area contributed by atoms with E-state index in [1.165, 1.54) is 17.3 Å². The number of halogens is 4. The molecule has 1 saturated heterocycles. The summed E-state index contributed by atoms with van der Waals surface area (Å²) in [5, 5.41) is 1.68. The van der Waals surface area contributed by atoms with Crippen molar-refractivity contribution in [2.45, 2.75) is 50.9 Å². The highest BCUT2D eigenvalue weighted by molar-refractivity contribution is 6.06. The number of rotatable bonds is 5. The molecular weight excluding hydrogens is 532 g/mol. The summed E-state index contributed by atoms with van der Waals surface area (Å²) >= 11 is 0. The number of allylic oxidation sites excluding steroid dienone is 1. The number of ether oxygens (including phenoxy) is 1. The van der Waals surface area contributed by atoms with Gasteiger partial charge < -0.3 is 20.6 Å². The van der Waals surface area contributed by atoms with Gasteiger partial charge >= 0.3 is 6.36 Å². The zero-order valence-electron chi connectivity index (χ0n) is 21.7. The fourth-order valence-corrected chi connectivity index (χ4v) is 5.32. The number of fused-ring (bicyclic) bond motifs is 2. The zero-order valence-corrected chi connectivity index (χ0v) is 21.7. The normalized spacial score (nSPS) is 24.6. The number of carbonyl (C=O) groups excluding carboxylic acids is 1. The molecule has 3 atom stereocenters. The van der Waals surface area contributed by atoms with Crippen LogP contribution < -0.4 is 11.2 Å². The Kier molecular flexibility index (Phi) is 6.89. The first-order valence-electron chi connectivity index (χ1n) is 12.4. The molecule has 1 unspecified atom stereocenters. The van der Waals surface area contributed by atoms with Crippen LogP contribution in [0.25, 0.3) is 11.0 Å². The molecule has 40 heavy (non-hydrogen) atoms. The average Bonchev–Trinajstić information content (AvgIpc) is 3.58. The van der Waals surface area contributed by atoms with Gasteiger partial charge in [-0.3, -0.25) is 9.53 Å². The van der Waals surface area contributed by atoms with Gasteiger partial charge in [-0.2, -0.15) is 5.01 Å². The van der Waals surface area contributed by atoms with E-state index in [2.05, 4.69) is 43.6 Å². The molecule has 0 saturated carbocycles. The van der Waals surface area contributed by atoms with Gasteiger partial charge in [0.05, 0.1) is 47.2 Å². The minimum absolute atomic E-state index is 0.0608. The second kappa shape index (κ2) is 10.1. The van der Waals surface area contributed by atoms with E-state index in [4.69, 9.17) is 5.73 Å². The topological polar surface area (TPSA) is 113 Å². The van der Waals surface area contributed by atoms with Gasteiger partial charge in [0.15, 0.2) is 5.66 Å². The number of aromatic nitrogens is 2. The maximum absolute atomic E-state index is 14.9. The lowest BCUT2D eigenvalue weighted by Gasteiger charge is -2.37. The zero-order chi connectivity index (χ0) is 28.8. The molecule has 1 aromatic heterocycles. The van der Waals surface area contributed by atoms with Crippen molar-refractivity contribution >= 4 is 29.1 Å². The number of alkyl halides is 3. The fourth-order valence-electron chi connectivity index (χ4n) is 5.32. The summed E-state index contributed by atoms with van der Waals surface area (Å²) in [6.45, 7) is 7.08. The van der Waals surface area contributed by atoms with Crippen molar-refractivity contribution < 1.29 is 27.1 Å². The van der Waals surface area contributed by atoms with Crippen LogP contribution in [-0.4, -0.2) is 74.8 Å². The predicted molar refractivity (Wildman–Crippen MR) is 139 cm³/mol. The number of hydrogen-bond acceptors (Lipinski definition) is 8. The van der Waals surface area contributed by atoms with Crippen molar-refractivity contribution in [1.29, 1.82) is 0 Å². The first-order chi connectivity index (χ1) is 18.9. The number of nitrogens with one attached hydrogen (secondary N) is 1. The molecule has 5 rings (SSSR count). The first kappa shape index (κ1) is 27.4. The van der Waals surface area contributed by atoms with Crippen molar-refractivity contribution in [3.05, 3.63) is 53.8 Å². The lowest BCUT2D eigenvalue weighted by Crippen LogP contribution is -2.55. The lowest BCUT2D eigenvalue weighted by molar-refractivity contribution is -0.327. The van der Waals surface area contributed by atoms with Gasteiger partial charge in [-0.05, 0) is 38.3 Å². The molecule has 3 aliphatic heterocycles. The van der Waals surface area contributed by atoms with Crippen LogP contribution >= 0.6 is 0 Å². The SMILES string of the molecule is C=CC(=O)N1C[C@@H](N2NC(C#Cc3cc4ncn(CC)c4cc3F)=C3C(N)=NC=NC32C)C[C@@H]1COC(F)(F)F. The van der Waals surface area contributed by atoms with Gasteiger partial charge in [-0.1, -0.05) is 12.5 Å². The standard InChI is InChI=1S/C26H26F4N8O2/c1-4-22(39)37-11-16(9-17(37)12-40-26(28,29)30)38-25(3)23(24(31)32-13-34-25)19(35-38)7-6-15-8-20-21(10-18(15)27)36(5-2)14-33-20/h4,8,10,13-14,16-17,35H,1,5,9,11-12H2,2-3H3,(H2,31,32,34)/t16-,17+,25?/m0/s1. The van der Waals surface area contributed by atoms with Crippen molar-refractivity contribution in [2.75, 3.05) is 13.2 Å². The van der Waals surface area contributed by atoms with Gasteiger partial charge in [0, 0.05) is 19.2 Å². The van der Waals surface area contributed by atoms with Crippen LogP contribution in [0.15, 0.2) is 52.4 Å². The Bertz CT molecular complexity index is 1530. The summed E-state index contributed by atoms with van der Waals surface area (Å²) < 4.78 is 59.2. The van der Waals surface area contributed by atoms with Gasteiger partial charge in [0.25, 0.3) is 0 Å². The fraction of sp³-hybridized carbons (Fsp3) is 0.385. The Morgan fingerprint density at radius 2 is 2.15 bits per heavy atom. The highest BCUT2D eigenvalue weighted by Crippen LogP contribution is 2.39. The number of aryl methyl sites for hydroxylation is 1. The molecule has 1 aromatic carbocycles. The number of carbonyl (C=O) groups is 1. The van der Waals surface area contributed by atoms with Crippen LogP contribution in [-0.2, 0) is 16.1 Å². The molecule has 1 fully saturated rings. The number of hydrazine groups is 1. The number of aliphatic imine (C=N–C) groups is 2. The van der Waals surface area contributed by atoms with Crippen molar-refractivity contribution in [1.82, 2.24) is 24.9 Å². The average molecular weight is 559 g/mol. The number of nitrogens with zero attached hydrogens (tertiary/aromatic N) is 6. The summed E-state index contributed by atoms with van der Waals surface area (Å²) in [4.78, 5) is 26.6. The molecule has 14 heteroatoms. The number of likely N-dealkylation sites (tertiary alicyclic amines) is 1. The molecule has 0 radical (unpaired) electrons. The molecule has 10 nitrogen and oxygen atoms in total. The predicted octanol–water partition coefficient (Wildman–Crippen LogP) is 2.43. The highest BCUT2D eigenvalue weighted by atomic mass is 19.4. The van der Waals surface area contributed by atoms with E-state index in [-0.39, 0.29) is 24.4 Å². The van der Waals surface area contributed by atoms with E-state index >= 15 is 0 Å². The Morgan fingerprint density at radius 3 is 2.85 bits per heavy atom.